The van der Waals surface area contributed by atoms with Gasteiger partial charge in [0, 0.05) is 12.5 Å². The van der Waals surface area contributed by atoms with Crippen molar-refractivity contribution in [1.82, 2.24) is 10.2 Å². The zero-order valence-electron chi connectivity index (χ0n) is 7.79. The molecular formula is C8H14N4O. The standard InChI is InChI=1S/C8H14N4O/c1-5(3-9)8(13)11-7-4-10-12-6(7)2/h4-5H,3,9H2,1-2H3,(H,10,12)(H,11,13). The molecule has 0 radical (unpaired) electrons. The number of hydrogen-bond donors (Lipinski definition) is 3. The number of aryl methyl sites for hydroxylation is 1. The Hall–Kier alpha value is -1.36. The average Bonchev–Trinajstić information content (AvgIpc) is 2.50. The summed E-state index contributed by atoms with van der Waals surface area (Å²) in [6.45, 7) is 3.98. The first-order valence-electron chi connectivity index (χ1n) is 4.16. The van der Waals surface area contributed by atoms with Crippen molar-refractivity contribution in [2.75, 3.05) is 11.9 Å². The first-order valence-corrected chi connectivity index (χ1v) is 4.16. The lowest BCUT2D eigenvalue weighted by molar-refractivity contribution is -0.119. The fraction of sp³-hybridized carbons (Fsp3) is 0.500. The molecule has 0 aliphatic heterocycles. The molecule has 13 heavy (non-hydrogen) atoms. The molecule has 1 atom stereocenters. The monoisotopic (exact) mass is 182 g/mol. The number of hydrogen-bond acceptors (Lipinski definition) is 3. The Morgan fingerprint density at radius 2 is 2.54 bits per heavy atom. The fourth-order valence-corrected chi connectivity index (χ4v) is 0.840. The number of anilines is 1. The quantitative estimate of drug-likeness (QED) is 0.626. The number of amides is 1. The largest absolute Gasteiger partial charge is 0.330 e. The van der Waals surface area contributed by atoms with Crippen molar-refractivity contribution in [3.8, 4) is 0 Å². The van der Waals surface area contributed by atoms with Crippen LogP contribution in [0.1, 0.15) is 12.6 Å². The van der Waals surface area contributed by atoms with E-state index in [2.05, 4.69) is 15.5 Å². The third-order valence-corrected chi connectivity index (χ3v) is 1.89. The molecule has 0 aliphatic rings. The Morgan fingerprint density at radius 1 is 1.85 bits per heavy atom. The highest BCUT2D eigenvalue weighted by molar-refractivity contribution is 5.92. The maximum atomic E-state index is 11.4. The SMILES string of the molecule is Cc1[nH]ncc1NC(=O)C(C)CN. The number of aromatic nitrogens is 2. The Kier molecular flexibility index (Phi) is 3.02. The Bertz CT molecular complexity index is 294. The minimum absolute atomic E-state index is 0.0769. The molecule has 1 aromatic rings. The lowest BCUT2D eigenvalue weighted by Crippen LogP contribution is -2.26. The van der Waals surface area contributed by atoms with Gasteiger partial charge in [-0.05, 0) is 6.92 Å². The fourth-order valence-electron chi connectivity index (χ4n) is 0.840. The molecule has 1 aromatic heterocycles. The summed E-state index contributed by atoms with van der Waals surface area (Å²) < 4.78 is 0. The number of H-pyrrole nitrogens is 1. The molecular weight excluding hydrogens is 168 g/mol. The molecule has 0 bridgehead atoms. The molecule has 5 nitrogen and oxygen atoms in total. The van der Waals surface area contributed by atoms with E-state index in [9.17, 15) is 4.79 Å². The van der Waals surface area contributed by atoms with Crippen LogP contribution >= 0.6 is 0 Å². The summed E-state index contributed by atoms with van der Waals surface area (Å²) in [5.74, 6) is -0.249. The Morgan fingerprint density at radius 3 is 3.00 bits per heavy atom. The Labute approximate surface area is 76.7 Å². The molecule has 5 heteroatoms. The van der Waals surface area contributed by atoms with E-state index in [-0.39, 0.29) is 11.8 Å². The molecule has 4 N–H and O–H groups in total. The van der Waals surface area contributed by atoms with Gasteiger partial charge in [0.25, 0.3) is 0 Å². The van der Waals surface area contributed by atoms with Crippen LogP contribution in [0.4, 0.5) is 5.69 Å². The van der Waals surface area contributed by atoms with Crippen molar-refractivity contribution in [3.05, 3.63) is 11.9 Å². The van der Waals surface area contributed by atoms with Crippen LogP contribution in [0.3, 0.4) is 0 Å². The van der Waals surface area contributed by atoms with E-state index >= 15 is 0 Å². The van der Waals surface area contributed by atoms with Crippen LogP contribution in [-0.2, 0) is 4.79 Å². The summed E-state index contributed by atoms with van der Waals surface area (Å²) in [4.78, 5) is 11.4. The molecule has 0 fully saturated rings. The topological polar surface area (TPSA) is 83.8 Å². The zero-order valence-corrected chi connectivity index (χ0v) is 7.79. The van der Waals surface area contributed by atoms with E-state index in [4.69, 9.17) is 5.73 Å². The Balaban J connectivity index is 2.60. The van der Waals surface area contributed by atoms with Crippen molar-refractivity contribution in [2.24, 2.45) is 11.7 Å². The van der Waals surface area contributed by atoms with Crippen LogP contribution in [0.25, 0.3) is 0 Å². The van der Waals surface area contributed by atoms with Gasteiger partial charge in [-0.25, -0.2) is 0 Å². The highest BCUT2D eigenvalue weighted by atomic mass is 16.1. The third-order valence-electron chi connectivity index (χ3n) is 1.89. The van der Waals surface area contributed by atoms with Gasteiger partial charge in [0.1, 0.15) is 0 Å². The molecule has 72 valence electrons. The van der Waals surface area contributed by atoms with Gasteiger partial charge in [-0.3, -0.25) is 9.89 Å². The molecule has 1 amide bonds. The van der Waals surface area contributed by atoms with Gasteiger partial charge >= 0.3 is 0 Å². The molecule has 1 unspecified atom stereocenters. The normalized spacial score (nSPS) is 12.5. The van der Waals surface area contributed by atoms with E-state index in [1.165, 1.54) is 0 Å². The second kappa shape index (κ2) is 4.04. The maximum absolute atomic E-state index is 11.4. The van der Waals surface area contributed by atoms with Crippen molar-refractivity contribution in [1.29, 1.82) is 0 Å². The van der Waals surface area contributed by atoms with Crippen LogP contribution in [-0.4, -0.2) is 22.6 Å². The smallest absolute Gasteiger partial charge is 0.228 e. The van der Waals surface area contributed by atoms with Gasteiger partial charge in [-0.2, -0.15) is 5.10 Å². The highest BCUT2D eigenvalue weighted by Gasteiger charge is 2.12. The number of rotatable bonds is 3. The van der Waals surface area contributed by atoms with Crippen LogP contribution in [0.15, 0.2) is 6.20 Å². The molecule has 0 saturated carbocycles. The summed E-state index contributed by atoms with van der Waals surface area (Å²) in [7, 11) is 0. The van der Waals surface area contributed by atoms with Crippen LogP contribution < -0.4 is 11.1 Å². The van der Waals surface area contributed by atoms with E-state index in [0.717, 1.165) is 5.69 Å². The van der Waals surface area contributed by atoms with Crippen molar-refractivity contribution < 1.29 is 4.79 Å². The van der Waals surface area contributed by atoms with Gasteiger partial charge < -0.3 is 11.1 Å². The molecule has 1 rings (SSSR count). The second-order valence-corrected chi connectivity index (χ2v) is 3.03. The predicted octanol–water partition coefficient (Wildman–Crippen LogP) is 0.251. The van der Waals surface area contributed by atoms with Gasteiger partial charge in [-0.15, -0.1) is 0 Å². The maximum Gasteiger partial charge on any atom is 0.228 e. The minimum Gasteiger partial charge on any atom is -0.330 e. The lowest BCUT2D eigenvalue weighted by atomic mass is 10.1. The van der Waals surface area contributed by atoms with Crippen molar-refractivity contribution in [2.45, 2.75) is 13.8 Å². The van der Waals surface area contributed by atoms with Gasteiger partial charge in [0.15, 0.2) is 0 Å². The zero-order chi connectivity index (χ0) is 9.84. The first-order chi connectivity index (χ1) is 6.15. The van der Waals surface area contributed by atoms with Crippen LogP contribution in [0, 0.1) is 12.8 Å². The molecule has 1 heterocycles. The van der Waals surface area contributed by atoms with Gasteiger partial charge in [0.2, 0.25) is 5.91 Å². The number of carbonyl (C=O) groups is 1. The van der Waals surface area contributed by atoms with E-state index < -0.39 is 0 Å². The lowest BCUT2D eigenvalue weighted by Gasteiger charge is -2.08. The number of aromatic amines is 1. The molecule has 0 aliphatic carbocycles. The number of carbonyl (C=O) groups excluding carboxylic acids is 1. The van der Waals surface area contributed by atoms with Crippen molar-refractivity contribution >= 4 is 11.6 Å². The average molecular weight is 182 g/mol. The molecule has 0 spiro atoms. The summed E-state index contributed by atoms with van der Waals surface area (Å²) in [6, 6.07) is 0. The third kappa shape index (κ3) is 2.29. The summed E-state index contributed by atoms with van der Waals surface area (Å²) in [5, 5.41) is 9.25. The van der Waals surface area contributed by atoms with Gasteiger partial charge in [0.05, 0.1) is 17.6 Å². The summed E-state index contributed by atoms with van der Waals surface area (Å²) in [6.07, 6.45) is 1.58. The van der Waals surface area contributed by atoms with Crippen LogP contribution in [0.5, 0.6) is 0 Å². The van der Waals surface area contributed by atoms with E-state index in [1.807, 2.05) is 6.92 Å². The number of nitrogens with two attached hydrogens (primary N) is 1. The van der Waals surface area contributed by atoms with E-state index in [1.54, 1.807) is 13.1 Å². The molecule has 0 aromatic carbocycles. The van der Waals surface area contributed by atoms with Crippen LogP contribution in [0.2, 0.25) is 0 Å². The number of nitrogens with zero attached hydrogens (tertiary/aromatic N) is 1. The van der Waals surface area contributed by atoms with Gasteiger partial charge in [-0.1, -0.05) is 6.92 Å². The summed E-state index contributed by atoms with van der Waals surface area (Å²) >= 11 is 0. The second-order valence-electron chi connectivity index (χ2n) is 3.03. The van der Waals surface area contributed by atoms with Crippen molar-refractivity contribution in [3.63, 3.8) is 0 Å². The first kappa shape index (κ1) is 9.73. The summed E-state index contributed by atoms with van der Waals surface area (Å²) in [5.41, 5.74) is 6.91. The number of nitrogens with one attached hydrogen (secondary N) is 2. The minimum atomic E-state index is -0.172. The molecule has 0 saturated heterocycles. The highest BCUT2D eigenvalue weighted by Crippen LogP contribution is 2.10. The van der Waals surface area contributed by atoms with E-state index in [0.29, 0.717) is 12.2 Å². The predicted molar refractivity (Wildman–Crippen MR) is 50.2 cm³/mol.